The van der Waals surface area contributed by atoms with Crippen molar-refractivity contribution < 1.29 is 19.4 Å². The molecule has 0 saturated heterocycles. The first-order valence-electron chi connectivity index (χ1n) is 8.63. The molecule has 5 nitrogen and oxygen atoms in total. The Morgan fingerprint density at radius 3 is 2.27 bits per heavy atom. The van der Waals surface area contributed by atoms with Crippen LogP contribution in [0.4, 0.5) is 4.79 Å². The second-order valence-electron chi connectivity index (χ2n) is 7.48. The molecular formula is C21H23NO4. The van der Waals surface area contributed by atoms with E-state index in [9.17, 15) is 14.7 Å². The van der Waals surface area contributed by atoms with E-state index >= 15 is 0 Å². The highest BCUT2D eigenvalue weighted by Gasteiger charge is 2.44. The summed E-state index contributed by atoms with van der Waals surface area (Å²) in [5.41, 5.74) is 2.04. The Balaban J connectivity index is 2.11. The average molecular weight is 353 g/mol. The summed E-state index contributed by atoms with van der Waals surface area (Å²) in [6, 6.07) is 16.1. The van der Waals surface area contributed by atoms with E-state index in [1.807, 2.05) is 54.6 Å². The number of hydrogen-bond donors (Lipinski definition) is 1. The van der Waals surface area contributed by atoms with Crippen LogP contribution >= 0.6 is 0 Å². The number of carbonyl (C=O) groups excluding carboxylic acids is 1. The Kier molecular flexibility index (Phi) is 4.72. The van der Waals surface area contributed by atoms with Crippen LogP contribution in [0.1, 0.15) is 43.4 Å². The Hall–Kier alpha value is -2.82. The molecule has 5 heteroatoms. The third kappa shape index (κ3) is 3.57. The van der Waals surface area contributed by atoms with Gasteiger partial charge in [0.1, 0.15) is 11.6 Å². The Morgan fingerprint density at radius 2 is 1.65 bits per heavy atom. The minimum Gasteiger partial charge on any atom is -0.480 e. The molecule has 0 aromatic heterocycles. The molecule has 2 aromatic rings. The standard InChI is InChI=1S/C21H23NO4/c1-21(2,3)26-20(25)22-13-15-11-7-8-12-16(15)17(18(22)19(23)24)14-9-5-4-6-10-14/h4-12,17-18H,13H2,1-3H3,(H,23,24)/t17-,18-/m1/s1. The van der Waals surface area contributed by atoms with Crippen molar-refractivity contribution >= 4 is 12.1 Å². The van der Waals surface area contributed by atoms with Gasteiger partial charge in [0.05, 0.1) is 6.54 Å². The summed E-state index contributed by atoms with van der Waals surface area (Å²) in [5, 5.41) is 9.96. The largest absolute Gasteiger partial charge is 0.480 e. The molecule has 0 fully saturated rings. The van der Waals surface area contributed by atoms with Gasteiger partial charge in [-0.15, -0.1) is 0 Å². The molecule has 2 aromatic carbocycles. The van der Waals surface area contributed by atoms with Crippen LogP contribution in [0, 0.1) is 0 Å². The van der Waals surface area contributed by atoms with Crippen molar-refractivity contribution in [3.8, 4) is 0 Å². The summed E-state index contributed by atoms with van der Waals surface area (Å²) in [6.45, 7) is 5.53. The molecule has 1 heterocycles. The normalized spacial score (nSPS) is 19.6. The molecule has 3 rings (SSSR count). The van der Waals surface area contributed by atoms with Gasteiger partial charge in [-0.1, -0.05) is 54.6 Å². The van der Waals surface area contributed by atoms with Gasteiger partial charge in [-0.05, 0) is 37.5 Å². The van der Waals surface area contributed by atoms with Gasteiger partial charge in [0.2, 0.25) is 0 Å². The highest BCUT2D eigenvalue weighted by atomic mass is 16.6. The van der Waals surface area contributed by atoms with Crippen molar-refractivity contribution in [3.05, 3.63) is 71.3 Å². The van der Waals surface area contributed by atoms with Gasteiger partial charge in [0, 0.05) is 5.92 Å². The summed E-state index contributed by atoms with van der Waals surface area (Å²) < 4.78 is 5.48. The number of amides is 1. The number of ether oxygens (including phenoxy) is 1. The Bertz CT molecular complexity index is 810. The predicted octanol–water partition coefficient (Wildman–Crippen LogP) is 4.02. The summed E-state index contributed by atoms with van der Waals surface area (Å²) >= 11 is 0. The van der Waals surface area contributed by atoms with E-state index < -0.39 is 29.6 Å². The molecule has 2 atom stereocenters. The van der Waals surface area contributed by atoms with Crippen LogP contribution in [0.5, 0.6) is 0 Å². The zero-order valence-corrected chi connectivity index (χ0v) is 15.2. The van der Waals surface area contributed by atoms with Gasteiger partial charge >= 0.3 is 12.1 Å². The number of nitrogens with zero attached hydrogens (tertiary/aromatic N) is 1. The highest BCUT2D eigenvalue weighted by Crippen LogP contribution is 2.39. The lowest BCUT2D eigenvalue weighted by Crippen LogP contribution is -2.52. The zero-order valence-electron chi connectivity index (χ0n) is 15.2. The first-order chi connectivity index (χ1) is 12.3. The van der Waals surface area contributed by atoms with Crippen LogP contribution in [-0.2, 0) is 16.1 Å². The van der Waals surface area contributed by atoms with Gasteiger partial charge in [-0.25, -0.2) is 9.59 Å². The first-order valence-corrected chi connectivity index (χ1v) is 8.63. The molecule has 0 aliphatic carbocycles. The van der Waals surface area contributed by atoms with Crippen LogP contribution in [0.3, 0.4) is 0 Å². The number of hydrogen-bond acceptors (Lipinski definition) is 3. The summed E-state index contributed by atoms with van der Waals surface area (Å²) in [6.07, 6.45) is -0.611. The summed E-state index contributed by atoms with van der Waals surface area (Å²) in [4.78, 5) is 26.3. The van der Waals surface area contributed by atoms with Crippen molar-refractivity contribution in [2.24, 2.45) is 0 Å². The molecule has 1 N–H and O–H groups in total. The predicted molar refractivity (Wildman–Crippen MR) is 97.9 cm³/mol. The lowest BCUT2D eigenvalue weighted by atomic mass is 9.79. The Morgan fingerprint density at radius 1 is 1.04 bits per heavy atom. The lowest BCUT2D eigenvalue weighted by molar-refractivity contribution is -0.144. The SMILES string of the molecule is CC(C)(C)OC(=O)N1Cc2ccccc2[C@@H](c2ccccc2)[C@@H]1C(=O)O. The molecule has 0 radical (unpaired) electrons. The van der Waals surface area contributed by atoms with Gasteiger partial charge < -0.3 is 9.84 Å². The van der Waals surface area contributed by atoms with E-state index in [0.29, 0.717) is 0 Å². The van der Waals surface area contributed by atoms with E-state index in [1.165, 1.54) is 4.90 Å². The van der Waals surface area contributed by atoms with Crippen LogP contribution in [-0.4, -0.2) is 33.7 Å². The van der Waals surface area contributed by atoms with Gasteiger partial charge in [0.25, 0.3) is 0 Å². The molecule has 1 aliphatic rings. The van der Waals surface area contributed by atoms with Crippen molar-refractivity contribution in [1.82, 2.24) is 4.90 Å². The van der Waals surface area contributed by atoms with E-state index in [0.717, 1.165) is 16.7 Å². The van der Waals surface area contributed by atoms with Crippen LogP contribution in [0.2, 0.25) is 0 Å². The lowest BCUT2D eigenvalue weighted by Gasteiger charge is -2.40. The second kappa shape index (κ2) is 6.83. The molecule has 0 bridgehead atoms. The molecular weight excluding hydrogens is 330 g/mol. The van der Waals surface area contributed by atoms with Crippen molar-refractivity contribution in [2.45, 2.75) is 44.9 Å². The number of fused-ring (bicyclic) bond motifs is 1. The molecule has 0 spiro atoms. The average Bonchev–Trinajstić information content (AvgIpc) is 2.59. The third-order valence-corrected chi connectivity index (χ3v) is 4.42. The molecule has 26 heavy (non-hydrogen) atoms. The molecule has 136 valence electrons. The maximum Gasteiger partial charge on any atom is 0.411 e. The van der Waals surface area contributed by atoms with E-state index in [2.05, 4.69) is 0 Å². The molecule has 1 amide bonds. The molecule has 0 unspecified atom stereocenters. The second-order valence-corrected chi connectivity index (χ2v) is 7.48. The summed E-state index contributed by atoms with van der Waals surface area (Å²) in [7, 11) is 0. The Labute approximate surface area is 153 Å². The number of benzene rings is 2. The van der Waals surface area contributed by atoms with E-state index in [-0.39, 0.29) is 6.54 Å². The fraction of sp³-hybridized carbons (Fsp3) is 0.333. The number of rotatable bonds is 2. The van der Waals surface area contributed by atoms with Gasteiger partial charge in [0.15, 0.2) is 0 Å². The number of carboxylic acids is 1. The minimum absolute atomic E-state index is 0.214. The van der Waals surface area contributed by atoms with Crippen molar-refractivity contribution in [1.29, 1.82) is 0 Å². The zero-order chi connectivity index (χ0) is 18.9. The van der Waals surface area contributed by atoms with Crippen LogP contribution in [0.25, 0.3) is 0 Å². The quantitative estimate of drug-likeness (QED) is 0.885. The van der Waals surface area contributed by atoms with Gasteiger partial charge in [-0.3, -0.25) is 4.90 Å². The van der Waals surface area contributed by atoms with Crippen LogP contribution < -0.4 is 0 Å². The van der Waals surface area contributed by atoms with Crippen LogP contribution in [0.15, 0.2) is 54.6 Å². The number of aliphatic carboxylic acids is 1. The van der Waals surface area contributed by atoms with E-state index in [4.69, 9.17) is 4.74 Å². The molecule has 0 saturated carbocycles. The van der Waals surface area contributed by atoms with E-state index in [1.54, 1.807) is 20.8 Å². The van der Waals surface area contributed by atoms with Crippen molar-refractivity contribution in [2.75, 3.05) is 0 Å². The number of carbonyl (C=O) groups is 2. The summed E-state index contributed by atoms with van der Waals surface area (Å²) in [5.74, 6) is -1.50. The van der Waals surface area contributed by atoms with Crippen molar-refractivity contribution in [3.63, 3.8) is 0 Å². The monoisotopic (exact) mass is 353 g/mol. The third-order valence-electron chi connectivity index (χ3n) is 4.42. The first kappa shape index (κ1) is 18.0. The fourth-order valence-electron chi connectivity index (χ4n) is 3.41. The topological polar surface area (TPSA) is 66.8 Å². The fourth-order valence-corrected chi connectivity index (χ4v) is 3.41. The maximum atomic E-state index is 12.8. The minimum atomic E-state index is -1.04. The highest BCUT2D eigenvalue weighted by molar-refractivity contribution is 5.83. The molecule has 1 aliphatic heterocycles. The maximum absolute atomic E-state index is 12.8. The smallest absolute Gasteiger partial charge is 0.411 e. The number of carboxylic acid groups (broad SMARTS) is 1. The van der Waals surface area contributed by atoms with Gasteiger partial charge in [-0.2, -0.15) is 0 Å².